The van der Waals surface area contributed by atoms with E-state index in [-0.39, 0.29) is 23.9 Å². The summed E-state index contributed by atoms with van der Waals surface area (Å²) in [5.41, 5.74) is -0.670. The molecule has 5 heteroatoms. The third kappa shape index (κ3) is 2.69. The Morgan fingerprint density at radius 2 is 2.10 bits per heavy atom. The predicted octanol–water partition coefficient (Wildman–Crippen LogP) is 2.03. The summed E-state index contributed by atoms with van der Waals surface area (Å²) >= 11 is 1.78. The lowest BCUT2D eigenvalue weighted by Crippen LogP contribution is -2.71. The van der Waals surface area contributed by atoms with Crippen molar-refractivity contribution in [3.63, 3.8) is 0 Å². The van der Waals surface area contributed by atoms with Crippen LogP contribution in [0.15, 0.2) is 0 Å². The first-order valence-corrected chi connectivity index (χ1v) is 8.98. The van der Waals surface area contributed by atoms with Crippen LogP contribution in [0.2, 0.25) is 0 Å². The minimum Gasteiger partial charge on any atom is -0.340 e. The second kappa shape index (κ2) is 5.96. The highest BCUT2D eigenvalue weighted by molar-refractivity contribution is 7.98. The molecule has 1 aliphatic carbocycles. The molecule has 20 heavy (non-hydrogen) atoms. The van der Waals surface area contributed by atoms with E-state index in [1.54, 1.807) is 11.8 Å². The van der Waals surface area contributed by atoms with Crippen molar-refractivity contribution in [2.24, 2.45) is 5.92 Å². The van der Waals surface area contributed by atoms with E-state index in [1.807, 2.05) is 18.7 Å². The fourth-order valence-electron chi connectivity index (χ4n) is 3.18. The molecule has 1 aliphatic heterocycles. The summed E-state index contributed by atoms with van der Waals surface area (Å²) in [6.07, 6.45) is 5.79. The van der Waals surface area contributed by atoms with Gasteiger partial charge in [-0.25, -0.2) is 0 Å². The third-order valence-corrected chi connectivity index (χ3v) is 5.34. The first-order valence-electron chi connectivity index (χ1n) is 7.59. The third-order valence-electron chi connectivity index (χ3n) is 4.70. The number of carbonyl (C=O) groups excluding carboxylic acids is 2. The molecule has 0 aromatic heterocycles. The zero-order valence-corrected chi connectivity index (χ0v) is 13.8. The Kier molecular flexibility index (Phi) is 4.67. The van der Waals surface area contributed by atoms with Crippen LogP contribution in [0.4, 0.5) is 0 Å². The van der Waals surface area contributed by atoms with Crippen molar-refractivity contribution in [3.8, 4) is 0 Å². The summed E-state index contributed by atoms with van der Waals surface area (Å²) in [4.78, 5) is 27.2. The normalized spacial score (nSPS) is 32.2. The highest BCUT2D eigenvalue weighted by atomic mass is 32.2. The number of rotatable bonds is 6. The molecular weight excluding hydrogens is 272 g/mol. The molecule has 2 fully saturated rings. The molecule has 1 saturated heterocycles. The van der Waals surface area contributed by atoms with E-state index in [4.69, 9.17) is 0 Å². The summed E-state index contributed by atoms with van der Waals surface area (Å²) in [5, 5.41) is 3.01. The van der Waals surface area contributed by atoms with Crippen LogP contribution in [0.3, 0.4) is 0 Å². The van der Waals surface area contributed by atoms with Gasteiger partial charge in [-0.1, -0.05) is 6.92 Å². The zero-order chi connectivity index (χ0) is 14.9. The van der Waals surface area contributed by atoms with Gasteiger partial charge in [0.15, 0.2) is 0 Å². The molecule has 3 atom stereocenters. The zero-order valence-electron chi connectivity index (χ0n) is 12.9. The van der Waals surface area contributed by atoms with Gasteiger partial charge in [0, 0.05) is 6.04 Å². The van der Waals surface area contributed by atoms with Crippen LogP contribution in [0.5, 0.6) is 0 Å². The molecule has 1 N–H and O–H groups in total. The van der Waals surface area contributed by atoms with E-state index in [0.29, 0.717) is 12.3 Å². The standard InChI is InChI=1S/C15H26N2O2S/c1-5-12-13(18)16-15(3,11-6-7-11)14(19)17(12)10(2)8-9-20-4/h10-12H,5-9H2,1-4H3,(H,16,18). The molecule has 1 heterocycles. The Morgan fingerprint density at radius 1 is 1.45 bits per heavy atom. The molecule has 0 spiro atoms. The van der Waals surface area contributed by atoms with Crippen LogP contribution in [-0.2, 0) is 9.59 Å². The first kappa shape index (κ1) is 15.7. The molecule has 0 radical (unpaired) electrons. The van der Waals surface area contributed by atoms with Crippen molar-refractivity contribution in [2.75, 3.05) is 12.0 Å². The molecule has 0 aromatic rings. The fourth-order valence-corrected chi connectivity index (χ4v) is 3.76. The summed E-state index contributed by atoms with van der Waals surface area (Å²) in [5.74, 6) is 1.49. The molecule has 2 amide bonds. The van der Waals surface area contributed by atoms with E-state index in [0.717, 1.165) is 25.0 Å². The van der Waals surface area contributed by atoms with Gasteiger partial charge in [0.2, 0.25) is 11.8 Å². The van der Waals surface area contributed by atoms with Gasteiger partial charge in [-0.05, 0) is 57.5 Å². The Balaban J connectivity index is 2.23. The van der Waals surface area contributed by atoms with Crippen molar-refractivity contribution in [2.45, 2.75) is 64.1 Å². The monoisotopic (exact) mass is 298 g/mol. The van der Waals surface area contributed by atoms with Crippen molar-refractivity contribution in [1.82, 2.24) is 10.2 Å². The smallest absolute Gasteiger partial charge is 0.249 e. The number of piperazine rings is 1. The number of nitrogens with zero attached hydrogens (tertiary/aromatic N) is 1. The highest BCUT2D eigenvalue weighted by Crippen LogP contribution is 2.42. The van der Waals surface area contributed by atoms with Gasteiger partial charge < -0.3 is 10.2 Å². The summed E-state index contributed by atoms with van der Waals surface area (Å²) in [7, 11) is 0. The molecule has 2 rings (SSSR count). The van der Waals surface area contributed by atoms with Gasteiger partial charge in [-0.3, -0.25) is 9.59 Å². The van der Waals surface area contributed by atoms with Gasteiger partial charge in [0.1, 0.15) is 11.6 Å². The molecule has 3 unspecified atom stereocenters. The number of carbonyl (C=O) groups is 2. The summed E-state index contributed by atoms with van der Waals surface area (Å²) in [6.45, 7) is 5.96. The van der Waals surface area contributed by atoms with Gasteiger partial charge >= 0.3 is 0 Å². The van der Waals surface area contributed by atoms with Crippen LogP contribution in [0, 0.1) is 5.92 Å². The van der Waals surface area contributed by atoms with Crippen molar-refractivity contribution in [3.05, 3.63) is 0 Å². The Labute approximate surface area is 126 Å². The Morgan fingerprint density at radius 3 is 2.60 bits per heavy atom. The molecule has 1 saturated carbocycles. The van der Waals surface area contributed by atoms with Crippen LogP contribution >= 0.6 is 11.8 Å². The number of hydrogen-bond acceptors (Lipinski definition) is 3. The minimum absolute atomic E-state index is 0.0255. The van der Waals surface area contributed by atoms with Crippen molar-refractivity contribution in [1.29, 1.82) is 0 Å². The summed E-state index contributed by atoms with van der Waals surface area (Å²) < 4.78 is 0. The van der Waals surface area contributed by atoms with Crippen molar-refractivity contribution < 1.29 is 9.59 Å². The van der Waals surface area contributed by atoms with Gasteiger partial charge in [0.05, 0.1) is 0 Å². The topological polar surface area (TPSA) is 49.4 Å². The average Bonchev–Trinajstić information content (AvgIpc) is 3.24. The van der Waals surface area contributed by atoms with Gasteiger partial charge in [-0.2, -0.15) is 11.8 Å². The molecule has 114 valence electrons. The number of hydrogen-bond donors (Lipinski definition) is 1. The molecular formula is C15H26N2O2S. The van der Waals surface area contributed by atoms with E-state index >= 15 is 0 Å². The maximum atomic E-state index is 13.0. The molecule has 4 nitrogen and oxygen atoms in total. The van der Waals surface area contributed by atoms with Crippen molar-refractivity contribution >= 4 is 23.6 Å². The van der Waals surface area contributed by atoms with E-state index < -0.39 is 5.54 Å². The van der Waals surface area contributed by atoms with E-state index in [1.165, 1.54) is 0 Å². The van der Waals surface area contributed by atoms with Crippen LogP contribution in [0.25, 0.3) is 0 Å². The quantitative estimate of drug-likeness (QED) is 0.816. The highest BCUT2D eigenvalue weighted by Gasteiger charge is 2.55. The Bertz CT molecular complexity index is 397. The van der Waals surface area contributed by atoms with E-state index in [9.17, 15) is 9.59 Å². The SMILES string of the molecule is CCC1C(=O)NC(C)(C2CC2)C(=O)N1C(C)CCSC. The first-order chi connectivity index (χ1) is 9.45. The van der Waals surface area contributed by atoms with Crippen LogP contribution in [-0.4, -0.2) is 46.3 Å². The minimum atomic E-state index is -0.670. The molecule has 0 aromatic carbocycles. The molecule has 2 aliphatic rings. The average molecular weight is 298 g/mol. The lowest BCUT2D eigenvalue weighted by atomic mass is 9.87. The van der Waals surface area contributed by atoms with E-state index in [2.05, 4.69) is 18.5 Å². The number of amides is 2. The Hall–Kier alpha value is -0.710. The van der Waals surface area contributed by atoms with Crippen LogP contribution < -0.4 is 5.32 Å². The predicted molar refractivity (Wildman–Crippen MR) is 82.7 cm³/mol. The number of thioether (sulfide) groups is 1. The largest absolute Gasteiger partial charge is 0.340 e. The maximum Gasteiger partial charge on any atom is 0.249 e. The van der Waals surface area contributed by atoms with Crippen LogP contribution in [0.1, 0.15) is 46.5 Å². The fraction of sp³-hybridized carbons (Fsp3) is 0.867. The second-order valence-corrected chi connectivity index (χ2v) is 7.22. The van der Waals surface area contributed by atoms with Gasteiger partial charge in [0.25, 0.3) is 0 Å². The van der Waals surface area contributed by atoms with Gasteiger partial charge in [-0.15, -0.1) is 0 Å². The summed E-state index contributed by atoms with van der Waals surface area (Å²) in [6, 6.07) is -0.171. The lowest BCUT2D eigenvalue weighted by molar-refractivity contribution is -0.158. The molecule has 0 bridgehead atoms. The number of nitrogens with one attached hydrogen (secondary N) is 1. The lowest BCUT2D eigenvalue weighted by Gasteiger charge is -2.47. The second-order valence-electron chi connectivity index (χ2n) is 6.23. The maximum absolute atomic E-state index is 13.0.